The second-order valence-corrected chi connectivity index (χ2v) is 8.24. The summed E-state index contributed by atoms with van der Waals surface area (Å²) in [5, 5.41) is 0. The molecule has 6 N–H and O–H groups in total. The third-order valence-electron chi connectivity index (χ3n) is 5.74. The number of piperidine rings is 1. The van der Waals surface area contributed by atoms with Crippen LogP contribution in [-0.2, 0) is 12.6 Å². The van der Waals surface area contributed by atoms with Crippen molar-refractivity contribution in [2.45, 2.75) is 31.5 Å². The summed E-state index contributed by atoms with van der Waals surface area (Å²) in [4.78, 5) is 27.3. The molecule has 0 aromatic carbocycles. The topological polar surface area (TPSA) is 137 Å². The monoisotopic (exact) mass is 471 g/mol. The Morgan fingerprint density at radius 2 is 1.97 bits per heavy atom. The van der Waals surface area contributed by atoms with Gasteiger partial charge in [0.05, 0.1) is 16.9 Å². The molecule has 4 heterocycles. The Morgan fingerprint density at radius 3 is 2.71 bits per heavy atom. The van der Waals surface area contributed by atoms with Gasteiger partial charge in [-0.1, -0.05) is 0 Å². The molecule has 0 aliphatic carbocycles. The van der Waals surface area contributed by atoms with E-state index in [9.17, 15) is 18.0 Å². The zero-order chi connectivity index (χ0) is 24.5. The van der Waals surface area contributed by atoms with E-state index in [0.717, 1.165) is 31.1 Å². The van der Waals surface area contributed by atoms with Gasteiger partial charge in [-0.05, 0) is 37.1 Å². The molecular formula is C23H24F3N7O. The maximum absolute atomic E-state index is 13.2. The number of carbonyl (C=O) groups is 1. The third-order valence-corrected chi connectivity index (χ3v) is 5.74. The number of anilines is 3. The maximum Gasteiger partial charge on any atom is 0.419 e. The summed E-state index contributed by atoms with van der Waals surface area (Å²) in [6.45, 7) is 1.49. The second kappa shape index (κ2) is 9.26. The van der Waals surface area contributed by atoms with E-state index in [-0.39, 0.29) is 40.9 Å². The van der Waals surface area contributed by atoms with Crippen molar-refractivity contribution in [3.8, 4) is 11.3 Å². The number of carbonyl (C=O) groups excluding carboxylic acids is 1. The molecule has 3 aromatic rings. The van der Waals surface area contributed by atoms with E-state index in [2.05, 4.69) is 19.9 Å². The van der Waals surface area contributed by atoms with E-state index in [4.69, 9.17) is 17.2 Å². The molecule has 3 aromatic heterocycles. The lowest BCUT2D eigenvalue weighted by Crippen LogP contribution is -2.43. The first-order valence-electron chi connectivity index (χ1n) is 10.7. The summed E-state index contributed by atoms with van der Waals surface area (Å²) in [5.41, 5.74) is 18.3. The smallest absolute Gasteiger partial charge is 0.397 e. The highest BCUT2D eigenvalue weighted by Crippen LogP contribution is 2.35. The SMILES string of the molecule is Nc1ccc(-c2cnc(N)c(C(F)(F)F)c2)nc1C(=O)Cc1cnccc1N1CCC[C@H](N)C1. The van der Waals surface area contributed by atoms with Gasteiger partial charge in [-0.2, -0.15) is 13.2 Å². The number of aromatic nitrogens is 3. The van der Waals surface area contributed by atoms with E-state index < -0.39 is 17.6 Å². The van der Waals surface area contributed by atoms with E-state index in [0.29, 0.717) is 12.1 Å². The minimum atomic E-state index is -4.67. The molecule has 0 amide bonds. The van der Waals surface area contributed by atoms with Crippen LogP contribution >= 0.6 is 0 Å². The summed E-state index contributed by atoms with van der Waals surface area (Å²) < 4.78 is 39.7. The number of nitrogens with two attached hydrogens (primary N) is 3. The molecule has 0 saturated carbocycles. The highest BCUT2D eigenvalue weighted by molar-refractivity contribution is 6.01. The fourth-order valence-electron chi connectivity index (χ4n) is 4.05. The van der Waals surface area contributed by atoms with E-state index in [1.165, 1.54) is 18.3 Å². The van der Waals surface area contributed by atoms with Gasteiger partial charge in [0.25, 0.3) is 0 Å². The first-order chi connectivity index (χ1) is 16.1. The highest BCUT2D eigenvalue weighted by atomic mass is 19.4. The minimum Gasteiger partial charge on any atom is -0.397 e. The molecule has 8 nitrogen and oxygen atoms in total. The summed E-state index contributed by atoms with van der Waals surface area (Å²) in [6, 6.07) is 5.62. The molecule has 1 fully saturated rings. The molecule has 11 heteroatoms. The molecule has 0 spiro atoms. The van der Waals surface area contributed by atoms with Crippen molar-refractivity contribution in [1.29, 1.82) is 0 Å². The average Bonchev–Trinajstić information content (AvgIpc) is 2.79. The predicted octanol–water partition coefficient (Wildman–Crippen LogP) is 3.07. The van der Waals surface area contributed by atoms with Gasteiger partial charge in [0.2, 0.25) is 0 Å². The molecule has 1 aliphatic heterocycles. The number of alkyl halides is 3. The quantitative estimate of drug-likeness (QED) is 0.483. The van der Waals surface area contributed by atoms with Crippen LogP contribution in [0.4, 0.5) is 30.4 Å². The number of nitrogens with zero attached hydrogens (tertiary/aromatic N) is 4. The van der Waals surface area contributed by atoms with Gasteiger partial charge in [-0.15, -0.1) is 0 Å². The summed E-state index contributed by atoms with van der Waals surface area (Å²) in [5.74, 6) is -1.01. The molecule has 34 heavy (non-hydrogen) atoms. The molecule has 0 unspecified atom stereocenters. The lowest BCUT2D eigenvalue weighted by Gasteiger charge is -2.33. The Kier molecular flexibility index (Phi) is 6.38. The minimum absolute atomic E-state index is 0.0245. The largest absolute Gasteiger partial charge is 0.419 e. The number of hydrogen-bond donors (Lipinski definition) is 3. The Balaban J connectivity index is 1.64. The van der Waals surface area contributed by atoms with Crippen LogP contribution in [0.15, 0.2) is 42.9 Å². The number of halogens is 3. The molecule has 1 aliphatic rings. The van der Waals surface area contributed by atoms with Crippen LogP contribution in [0.3, 0.4) is 0 Å². The number of Topliss-reactive ketones (excluding diaryl/α,β-unsaturated/α-hetero) is 1. The first-order valence-corrected chi connectivity index (χ1v) is 10.7. The predicted molar refractivity (Wildman–Crippen MR) is 123 cm³/mol. The van der Waals surface area contributed by atoms with Crippen molar-refractivity contribution in [2.24, 2.45) is 5.73 Å². The number of ketones is 1. The summed E-state index contributed by atoms with van der Waals surface area (Å²) in [6.07, 6.45) is 1.64. The van der Waals surface area contributed by atoms with Crippen molar-refractivity contribution in [3.05, 3.63) is 59.7 Å². The third kappa shape index (κ3) is 4.93. The fourth-order valence-corrected chi connectivity index (χ4v) is 4.05. The van der Waals surface area contributed by atoms with E-state index in [1.807, 2.05) is 6.07 Å². The van der Waals surface area contributed by atoms with Gasteiger partial charge in [0.1, 0.15) is 11.5 Å². The molecule has 178 valence electrons. The van der Waals surface area contributed by atoms with Crippen LogP contribution in [-0.4, -0.2) is 39.9 Å². The average molecular weight is 471 g/mol. The highest BCUT2D eigenvalue weighted by Gasteiger charge is 2.34. The standard InChI is InChI=1S/C23H24F3N7O/c24-23(25,26)16-8-13(11-31-22(16)29)18-4-3-17(28)21(32-18)20(34)9-14-10-30-6-5-19(14)33-7-1-2-15(27)12-33/h3-6,8,10-11,15H,1-2,7,9,12,27-28H2,(H2,29,31)/t15-/m0/s1. The maximum atomic E-state index is 13.2. The molecule has 0 bridgehead atoms. The Bertz CT molecular complexity index is 1220. The van der Waals surface area contributed by atoms with E-state index in [1.54, 1.807) is 12.4 Å². The number of rotatable bonds is 5. The Morgan fingerprint density at radius 1 is 1.18 bits per heavy atom. The summed E-state index contributed by atoms with van der Waals surface area (Å²) in [7, 11) is 0. The van der Waals surface area contributed by atoms with Gasteiger partial charge < -0.3 is 22.1 Å². The lowest BCUT2D eigenvalue weighted by molar-refractivity contribution is -0.137. The zero-order valence-electron chi connectivity index (χ0n) is 18.2. The lowest BCUT2D eigenvalue weighted by atomic mass is 10.0. The van der Waals surface area contributed by atoms with E-state index >= 15 is 0 Å². The van der Waals surface area contributed by atoms with Crippen molar-refractivity contribution in [2.75, 3.05) is 29.5 Å². The van der Waals surface area contributed by atoms with Crippen molar-refractivity contribution in [1.82, 2.24) is 15.0 Å². The van der Waals surface area contributed by atoms with Crippen molar-refractivity contribution >= 4 is 23.0 Å². The molecule has 1 saturated heterocycles. The number of pyridine rings is 3. The Hall–Kier alpha value is -3.73. The van der Waals surface area contributed by atoms with Crippen LogP contribution in [0.1, 0.15) is 34.5 Å². The van der Waals surface area contributed by atoms with Gasteiger partial charge in [-0.25, -0.2) is 9.97 Å². The van der Waals surface area contributed by atoms with Gasteiger partial charge in [0, 0.05) is 61.0 Å². The molecule has 4 rings (SSSR count). The molecule has 1 atom stereocenters. The first kappa shape index (κ1) is 23.4. The number of nitrogen functional groups attached to an aromatic ring is 2. The molecular weight excluding hydrogens is 447 g/mol. The van der Waals surface area contributed by atoms with Crippen LogP contribution in [0.25, 0.3) is 11.3 Å². The summed E-state index contributed by atoms with van der Waals surface area (Å²) >= 11 is 0. The normalized spacial score (nSPS) is 16.5. The van der Waals surface area contributed by atoms with Gasteiger partial charge in [-0.3, -0.25) is 9.78 Å². The van der Waals surface area contributed by atoms with Crippen molar-refractivity contribution < 1.29 is 18.0 Å². The Labute approximate surface area is 194 Å². The fraction of sp³-hybridized carbons (Fsp3) is 0.304. The van der Waals surface area contributed by atoms with Crippen LogP contribution < -0.4 is 22.1 Å². The van der Waals surface area contributed by atoms with Crippen molar-refractivity contribution in [3.63, 3.8) is 0 Å². The second-order valence-electron chi connectivity index (χ2n) is 8.24. The van der Waals surface area contributed by atoms with Crippen LogP contribution in [0.5, 0.6) is 0 Å². The zero-order valence-corrected chi connectivity index (χ0v) is 18.2. The van der Waals surface area contributed by atoms with Gasteiger partial charge >= 0.3 is 6.18 Å². The van der Waals surface area contributed by atoms with Gasteiger partial charge in [0.15, 0.2) is 5.78 Å². The van der Waals surface area contributed by atoms with Crippen LogP contribution in [0.2, 0.25) is 0 Å². The molecule has 0 radical (unpaired) electrons. The number of hydrogen-bond acceptors (Lipinski definition) is 8. The van der Waals surface area contributed by atoms with Crippen LogP contribution in [0, 0.1) is 0 Å².